The van der Waals surface area contributed by atoms with E-state index in [4.69, 9.17) is 16.0 Å². The molecule has 0 saturated heterocycles. The minimum Gasteiger partial charge on any atom is -0.451 e. The van der Waals surface area contributed by atoms with Gasteiger partial charge in [0.25, 0.3) is 5.91 Å². The molecule has 23 heavy (non-hydrogen) atoms. The number of carbonyl (C=O) groups excluding carboxylic acids is 1. The van der Waals surface area contributed by atoms with Crippen LogP contribution >= 0.6 is 11.6 Å². The Balaban J connectivity index is 1.76. The van der Waals surface area contributed by atoms with Gasteiger partial charge >= 0.3 is 0 Å². The van der Waals surface area contributed by atoms with Crippen LogP contribution in [0.5, 0.6) is 0 Å². The third-order valence-corrected chi connectivity index (χ3v) is 4.10. The summed E-state index contributed by atoms with van der Waals surface area (Å²) >= 11 is 6.07. The van der Waals surface area contributed by atoms with E-state index in [1.54, 1.807) is 18.2 Å². The van der Waals surface area contributed by atoms with E-state index in [0.717, 1.165) is 16.2 Å². The summed E-state index contributed by atoms with van der Waals surface area (Å²) in [4.78, 5) is 12.4. The first kappa shape index (κ1) is 13.9. The lowest BCUT2D eigenvalue weighted by molar-refractivity contribution is 0.0998. The lowest BCUT2D eigenvalue weighted by Gasteiger charge is -2.04. The first-order valence-electron chi connectivity index (χ1n) is 7.19. The number of fused-ring (bicyclic) bond motifs is 3. The second-order valence-corrected chi connectivity index (χ2v) is 5.65. The predicted molar refractivity (Wildman–Crippen MR) is 93.1 cm³/mol. The molecule has 0 spiro atoms. The molecule has 3 aromatic carbocycles. The minimum atomic E-state index is -0.321. The average Bonchev–Trinajstić information content (AvgIpc) is 3.02. The topological polar surface area (TPSA) is 42.2 Å². The van der Waals surface area contributed by atoms with Gasteiger partial charge < -0.3 is 9.73 Å². The van der Waals surface area contributed by atoms with E-state index in [0.29, 0.717) is 16.3 Å². The quantitative estimate of drug-likeness (QED) is 0.530. The fourth-order valence-corrected chi connectivity index (χ4v) is 2.83. The van der Waals surface area contributed by atoms with Crippen LogP contribution in [0, 0.1) is 0 Å². The van der Waals surface area contributed by atoms with E-state index >= 15 is 0 Å². The Bertz CT molecular complexity index is 1040. The normalized spacial score (nSPS) is 11.0. The second-order valence-electron chi connectivity index (χ2n) is 5.24. The molecule has 0 radical (unpaired) electrons. The van der Waals surface area contributed by atoms with E-state index < -0.39 is 0 Å². The molecule has 0 aliphatic heterocycles. The number of para-hydroxylation sites is 1. The van der Waals surface area contributed by atoms with Gasteiger partial charge in [0.05, 0.1) is 10.7 Å². The van der Waals surface area contributed by atoms with Gasteiger partial charge in [-0.15, -0.1) is 0 Å². The number of anilines is 1. The van der Waals surface area contributed by atoms with E-state index in [2.05, 4.69) is 5.32 Å². The van der Waals surface area contributed by atoms with Gasteiger partial charge in [-0.05, 0) is 35.0 Å². The number of furan rings is 1. The highest BCUT2D eigenvalue weighted by Crippen LogP contribution is 2.29. The Kier molecular flexibility index (Phi) is 3.28. The monoisotopic (exact) mass is 321 g/mol. The highest BCUT2D eigenvalue weighted by Gasteiger charge is 2.15. The van der Waals surface area contributed by atoms with Crippen LogP contribution in [0.15, 0.2) is 71.1 Å². The summed E-state index contributed by atoms with van der Waals surface area (Å²) in [5, 5.41) is 6.35. The maximum Gasteiger partial charge on any atom is 0.291 e. The summed E-state index contributed by atoms with van der Waals surface area (Å²) < 4.78 is 5.69. The zero-order valence-electron chi connectivity index (χ0n) is 12.0. The lowest BCUT2D eigenvalue weighted by Crippen LogP contribution is -2.10. The highest BCUT2D eigenvalue weighted by molar-refractivity contribution is 6.33. The molecule has 3 nitrogen and oxygen atoms in total. The molecular weight excluding hydrogens is 310 g/mol. The molecule has 0 fully saturated rings. The third kappa shape index (κ3) is 2.45. The zero-order chi connectivity index (χ0) is 15.8. The van der Waals surface area contributed by atoms with Crippen LogP contribution in [0.2, 0.25) is 5.02 Å². The molecule has 1 N–H and O–H groups in total. The summed E-state index contributed by atoms with van der Waals surface area (Å²) in [5.41, 5.74) is 1.25. The van der Waals surface area contributed by atoms with Crippen molar-refractivity contribution in [2.45, 2.75) is 0 Å². The van der Waals surface area contributed by atoms with Gasteiger partial charge in [0.15, 0.2) is 5.76 Å². The molecule has 1 aromatic heterocycles. The third-order valence-electron chi connectivity index (χ3n) is 3.77. The van der Waals surface area contributed by atoms with Crippen LogP contribution < -0.4 is 5.32 Å². The lowest BCUT2D eigenvalue weighted by atomic mass is 10.1. The predicted octanol–water partition coefficient (Wildman–Crippen LogP) is 5.49. The van der Waals surface area contributed by atoms with Gasteiger partial charge in [0.2, 0.25) is 0 Å². The molecule has 1 heterocycles. The Morgan fingerprint density at radius 3 is 2.57 bits per heavy atom. The van der Waals surface area contributed by atoms with Gasteiger partial charge in [-0.1, -0.05) is 54.1 Å². The van der Waals surface area contributed by atoms with Crippen molar-refractivity contribution in [2.24, 2.45) is 0 Å². The SMILES string of the molecule is O=C(Nc1ccccc1Cl)c1cc2c(ccc3ccccc32)o1. The number of hydrogen-bond acceptors (Lipinski definition) is 2. The average molecular weight is 322 g/mol. The molecule has 1 amide bonds. The number of rotatable bonds is 2. The van der Waals surface area contributed by atoms with Crippen molar-refractivity contribution < 1.29 is 9.21 Å². The van der Waals surface area contributed by atoms with E-state index in [1.165, 1.54) is 0 Å². The highest BCUT2D eigenvalue weighted by atomic mass is 35.5. The number of halogens is 1. The number of nitrogens with one attached hydrogen (secondary N) is 1. The number of benzene rings is 3. The summed E-state index contributed by atoms with van der Waals surface area (Å²) in [5.74, 6) is -0.0605. The first-order chi connectivity index (χ1) is 11.2. The van der Waals surface area contributed by atoms with Crippen LogP contribution in [-0.2, 0) is 0 Å². The van der Waals surface area contributed by atoms with E-state index in [1.807, 2.05) is 48.5 Å². The van der Waals surface area contributed by atoms with Crippen molar-refractivity contribution in [3.05, 3.63) is 77.5 Å². The smallest absolute Gasteiger partial charge is 0.291 e. The van der Waals surface area contributed by atoms with Crippen molar-refractivity contribution in [1.82, 2.24) is 0 Å². The molecule has 0 bridgehead atoms. The molecular formula is C19H12ClNO2. The van der Waals surface area contributed by atoms with Crippen LogP contribution in [0.1, 0.15) is 10.6 Å². The Morgan fingerprint density at radius 1 is 0.913 bits per heavy atom. The van der Waals surface area contributed by atoms with Crippen molar-refractivity contribution in [3.63, 3.8) is 0 Å². The van der Waals surface area contributed by atoms with Crippen LogP contribution in [0.4, 0.5) is 5.69 Å². The van der Waals surface area contributed by atoms with Crippen LogP contribution in [-0.4, -0.2) is 5.91 Å². The number of amides is 1. The summed E-state index contributed by atoms with van der Waals surface area (Å²) in [6, 6.07) is 20.7. The Hall–Kier alpha value is -2.78. The number of hydrogen-bond donors (Lipinski definition) is 1. The first-order valence-corrected chi connectivity index (χ1v) is 7.57. The maximum absolute atomic E-state index is 12.4. The molecule has 0 unspecified atom stereocenters. The largest absolute Gasteiger partial charge is 0.451 e. The Morgan fingerprint density at radius 2 is 1.70 bits per heavy atom. The van der Waals surface area contributed by atoms with Gasteiger partial charge in [0, 0.05) is 5.39 Å². The molecule has 4 heteroatoms. The molecule has 0 saturated carbocycles. The Labute approximate surface area is 137 Å². The molecule has 4 rings (SSSR count). The van der Waals surface area contributed by atoms with Gasteiger partial charge in [-0.2, -0.15) is 0 Å². The minimum absolute atomic E-state index is 0.260. The molecule has 4 aromatic rings. The van der Waals surface area contributed by atoms with E-state index in [-0.39, 0.29) is 11.7 Å². The van der Waals surface area contributed by atoms with Crippen molar-refractivity contribution in [3.8, 4) is 0 Å². The molecule has 112 valence electrons. The second kappa shape index (κ2) is 5.45. The van der Waals surface area contributed by atoms with Crippen LogP contribution in [0.25, 0.3) is 21.7 Å². The summed E-state index contributed by atoms with van der Waals surface area (Å²) in [6.45, 7) is 0. The van der Waals surface area contributed by atoms with Crippen LogP contribution in [0.3, 0.4) is 0 Å². The molecule has 0 aliphatic carbocycles. The van der Waals surface area contributed by atoms with Crippen molar-refractivity contribution in [1.29, 1.82) is 0 Å². The fraction of sp³-hybridized carbons (Fsp3) is 0. The van der Waals surface area contributed by atoms with Crippen molar-refractivity contribution >= 4 is 44.9 Å². The zero-order valence-corrected chi connectivity index (χ0v) is 12.8. The van der Waals surface area contributed by atoms with Gasteiger partial charge in [-0.3, -0.25) is 4.79 Å². The maximum atomic E-state index is 12.4. The molecule has 0 aliphatic rings. The summed E-state index contributed by atoms with van der Waals surface area (Å²) in [6.07, 6.45) is 0. The summed E-state index contributed by atoms with van der Waals surface area (Å²) in [7, 11) is 0. The van der Waals surface area contributed by atoms with Gasteiger partial charge in [0.1, 0.15) is 5.58 Å². The van der Waals surface area contributed by atoms with Gasteiger partial charge in [-0.25, -0.2) is 0 Å². The van der Waals surface area contributed by atoms with Crippen molar-refractivity contribution in [2.75, 3.05) is 5.32 Å². The standard InChI is InChI=1S/C19H12ClNO2/c20-15-7-3-4-8-16(15)21-19(22)18-11-14-13-6-2-1-5-12(13)9-10-17(14)23-18/h1-11H,(H,21,22). The number of carbonyl (C=O) groups is 1. The van der Waals surface area contributed by atoms with E-state index in [9.17, 15) is 4.79 Å². The molecule has 0 atom stereocenters. The fourth-order valence-electron chi connectivity index (χ4n) is 2.65.